The lowest BCUT2D eigenvalue weighted by Gasteiger charge is -2.41. The molecule has 3 nitrogen and oxygen atoms in total. The van der Waals surface area contributed by atoms with Crippen molar-refractivity contribution in [1.82, 2.24) is 0 Å². The minimum absolute atomic E-state index is 0.214. The van der Waals surface area contributed by atoms with Gasteiger partial charge in [0.15, 0.2) is 0 Å². The van der Waals surface area contributed by atoms with Gasteiger partial charge in [-0.2, -0.15) is 0 Å². The van der Waals surface area contributed by atoms with Gasteiger partial charge in [0.05, 0.1) is 32.0 Å². The number of rotatable bonds is 7. The minimum atomic E-state index is -0.214. The van der Waals surface area contributed by atoms with E-state index in [-0.39, 0.29) is 5.60 Å². The molecule has 0 aromatic carbocycles. The average molecular weight is 268 g/mol. The quantitative estimate of drug-likeness (QED) is 0.663. The van der Waals surface area contributed by atoms with Gasteiger partial charge in [-0.05, 0) is 33.3 Å². The van der Waals surface area contributed by atoms with Gasteiger partial charge in [0.1, 0.15) is 0 Å². The Kier molecular flexibility index (Phi) is 6.24. The van der Waals surface area contributed by atoms with Gasteiger partial charge in [0, 0.05) is 13.0 Å². The Bertz CT molecular complexity index is 357. The lowest BCUT2D eigenvalue weighted by molar-refractivity contribution is -0.0607. The molecule has 0 fully saturated rings. The maximum atomic E-state index is 6.13. The largest absolute Gasteiger partial charge is 0.382 e. The summed E-state index contributed by atoms with van der Waals surface area (Å²) < 4.78 is 16.5. The monoisotopic (exact) mass is 268 g/mol. The van der Waals surface area contributed by atoms with Crippen LogP contribution in [0.25, 0.3) is 0 Å². The van der Waals surface area contributed by atoms with Gasteiger partial charge in [-0.3, -0.25) is 0 Å². The molecule has 0 saturated heterocycles. The summed E-state index contributed by atoms with van der Waals surface area (Å²) in [6, 6.07) is 0. The average Bonchev–Trinajstić information content (AvgIpc) is 2.39. The second kappa shape index (κ2) is 7.22. The fraction of sp³-hybridized carbons (Fsp3) is 0.750. The van der Waals surface area contributed by atoms with Crippen LogP contribution in [0.1, 0.15) is 34.6 Å². The molecule has 19 heavy (non-hydrogen) atoms. The summed E-state index contributed by atoms with van der Waals surface area (Å²) in [5.41, 5.74) is 3.85. The fourth-order valence-electron chi connectivity index (χ4n) is 2.47. The second-order valence-electron chi connectivity index (χ2n) is 5.48. The van der Waals surface area contributed by atoms with E-state index < -0.39 is 0 Å². The lowest BCUT2D eigenvalue weighted by atomic mass is 9.74. The molecule has 1 aliphatic rings. The van der Waals surface area contributed by atoms with Crippen molar-refractivity contribution >= 4 is 0 Å². The molecule has 2 unspecified atom stereocenters. The maximum Gasteiger partial charge on any atom is 0.0927 e. The Labute approximate surface area is 117 Å². The topological polar surface area (TPSA) is 27.7 Å². The molecule has 2 atom stereocenters. The number of methoxy groups -OCH3 is 1. The molecule has 0 amide bonds. The molecule has 3 heteroatoms. The summed E-state index contributed by atoms with van der Waals surface area (Å²) in [6.45, 7) is 13.4. The van der Waals surface area contributed by atoms with Crippen LogP contribution in [0.15, 0.2) is 22.8 Å². The molecule has 0 N–H and O–H groups in total. The van der Waals surface area contributed by atoms with E-state index in [1.165, 1.54) is 16.7 Å². The molecule has 1 aliphatic carbocycles. The standard InChI is InChI=1S/C16H28O3/c1-12-11-13(2)16(5,15(4)14(12)3)19-10-9-18-8-7-17-6/h11,15H,7-10H2,1-6H3. The van der Waals surface area contributed by atoms with Crippen molar-refractivity contribution in [3.63, 3.8) is 0 Å². The van der Waals surface area contributed by atoms with E-state index >= 15 is 0 Å². The Hall–Kier alpha value is -0.640. The van der Waals surface area contributed by atoms with E-state index in [2.05, 4.69) is 40.7 Å². The molecular formula is C16H28O3. The van der Waals surface area contributed by atoms with Crippen molar-refractivity contribution in [2.24, 2.45) is 5.92 Å². The highest BCUT2D eigenvalue weighted by Gasteiger charge is 2.37. The van der Waals surface area contributed by atoms with Gasteiger partial charge < -0.3 is 14.2 Å². The predicted octanol–water partition coefficient (Wildman–Crippen LogP) is 3.36. The first-order chi connectivity index (χ1) is 8.93. The van der Waals surface area contributed by atoms with Crippen molar-refractivity contribution in [3.05, 3.63) is 22.8 Å². The molecule has 0 spiro atoms. The smallest absolute Gasteiger partial charge is 0.0927 e. The molecule has 0 aliphatic heterocycles. The van der Waals surface area contributed by atoms with Gasteiger partial charge in [-0.1, -0.05) is 24.1 Å². The Morgan fingerprint density at radius 1 is 1.11 bits per heavy atom. The second-order valence-corrected chi connectivity index (χ2v) is 5.48. The van der Waals surface area contributed by atoms with E-state index in [1.807, 2.05) is 0 Å². The normalized spacial score (nSPS) is 27.7. The van der Waals surface area contributed by atoms with E-state index in [0.717, 1.165) is 0 Å². The first-order valence-electron chi connectivity index (χ1n) is 7.00. The highest BCUT2D eigenvalue weighted by molar-refractivity contribution is 5.38. The third kappa shape index (κ3) is 3.91. The summed E-state index contributed by atoms with van der Waals surface area (Å²) in [4.78, 5) is 0. The zero-order valence-corrected chi connectivity index (χ0v) is 13.2. The summed E-state index contributed by atoms with van der Waals surface area (Å²) in [5, 5.41) is 0. The van der Waals surface area contributed by atoms with Crippen LogP contribution in [0.4, 0.5) is 0 Å². The van der Waals surface area contributed by atoms with E-state index in [1.54, 1.807) is 7.11 Å². The first kappa shape index (κ1) is 16.4. The Morgan fingerprint density at radius 3 is 2.37 bits per heavy atom. The summed E-state index contributed by atoms with van der Waals surface area (Å²) >= 11 is 0. The van der Waals surface area contributed by atoms with Crippen LogP contribution >= 0.6 is 0 Å². The van der Waals surface area contributed by atoms with Gasteiger partial charge in [0.2, 0.25) is 0 Å². The predicted molar refractivity (Wildman–Crippen MR) is 78.3 cm³/mol. The SMILES string of the molecule is COCCOCCOC1(C)C(C)=CC(C)=C(C)C1C. The Morgan fingerprint density at radius 2 is 1.74 bits per heavy atom. The molecule has 0 radical (unpaired) electrons. The zero-order chi connectivity index (χ0) is 14.5. The van der Waals surface area contributed by atoms with E-state index in [4.69, 9.17) is 14.2 Å². The van der Waals surface area contributed by atoms with Crippen molar-refractivity contribution in [3.8, 4) is 0 Å². The third-order valence-electron chi connectivity index (χ3n) is 4.38. The van der Waals surface area contributed by atoms with Gasteiger partial charge in [-0.25, -0.2) is 0 Å². The van der Waals surface area contributed by atoms with Gasteiger partial charge >= 0.3 is 0 Å². The molecule has 1 rings (SSSR count). The highest BCUT2D eigenvalue weighted by Crippen LogP contribution is 2.39. The van der Waals surface area contributed by atoms with E-state index in [9.17, 15) is 0 Å². The van der Waals surface area contributed by atoms with Gasteiger partial charge in [-0.15, -0.1) is 0 Å². The van der Waals surface area contributed by atoms with Crippen molar-refractivity contribution in [1.29, 1.82) is 0 Å². The summed E-state index contributed by atoms with van der Waals surface area (Å²) in [6.07, 6.45) is 2.24. The number of allylic oxidation sites excluding steroid dienone is 2. The van der Waals surface area contributed by atoms with Crippen molar-refractivity contribution in [2.75, 3.05) is 33.5 Å². The minimum Gasteiger partial charge on any atom is -0.382 e. The number of ether oxygens (including phenoxy) is 3. The lowest BCUT2D eigenvalue weighted by Crippen LogP contribution is -2.41. The van der Waals surface area contributed by atoms with Crippen molar-refractivity contribution in [2.45, 2.75) is 40.2 Å². The van der Waals surface area contributed by atoms with Crippen LogP contribution in [0.3, 0.4) is 0 Å². The van der Waals surface area contributed by atoms with Crippen molar-refractivity contribution < 1.29 is 14.2 Å². The van der Waals surface area contributed by atoms with Crippen LogP contribution in [0.5, 0.6) is 0 Å². The van der Waals surface area contributed by atoms with Gasteiger partial charge in [0.25, 0.3) is 0 Å². The van der Waals surface area contributed by atoms with Crippen LogP contribution in [0.2, 0.25) is 0 Å². The molecule has 0 saturated carbocycles. The van der Waals surface area contributed by atoms with E-state index in [0.29, 0.717) is 32.3 Å². The summed E-state index contributed by atoms with van der Waals surface area (Å²) in [7, 11) is 1.68. The molecule has 0 bridgehead atoms. The highest BCUT2D eigenvalue weighted by atomic mass is 16.5. The first-order valence-corrected chi connectivity index (χ1v) is 7.00. The maximum absolute atomic E-state index is 6.13. The van der Waals surface area contributed by atoms with Crippen LogP contribution in [-0.2, 0) is 14.2 Å². The third-order valence-corrected chi connectivity index (χ3v) is 4.38. The fourth-order valence-corrected chi connectivity index (χ4v) is 2.47. The molecule has 0 aromatic rings. The number of hydrogen-bond acceptors (Lipinski definition) is 3. The molecule has 0 heterocycles. The zero-order valence-electron chi connectivity index (χ0n) is 13.2. The molecular weight excluding hydrogens is 240 g/mol. The molecule has 0 aromatic heterocycles. The van der Waals surface area contributed by atoms with Crippen LogP contribution < -0.4 is 0 Å². The van der Waals surface area contributed by atoms with Crippen LogP contribution in [-0.4, -0.2) is 39.1 Å². The summed E-state index contributed by atoms with van der Waals surface area (Å²) in [5.74, 6) is 0.400. The molecule has 110 valence electrons. The number of hydrogen-bond donors (Lipinski definition) is 0. The Balaban J connectivity index is 2.50. The van der Waals surface area contributed by atoms with Crippen LogP contribution in [0, 0.1) is 5.92 Å².